The molecular formula is C29H37N7O2. The molecule has 9 heteroatoms. The van der Waals surface area contributed by atoms with Gasteiger partial charge in [0.15, 0.2) is 0 Å². The summed E-state index contributed by atoms with van der Waals surface area (Å²) < 4.78 is 5.21. The van der Waals surface area contributed by atoms with Gasteiger partial charge in [0.2, 0.25) is 5.95 Å². The van der Waals surface area contributed by atoms with Crippen LogP contribution in [0, 0.1) is 6.92 Å². The molecule has 2 aromatic heterocycles. The van der Waals surface area contributed by atoms with Gasteiger partial charge in [-0.05, 0) is 88.5 Å². The molecule has 0 spiro atoms. The van der Waals surface area contributed by atoms with Crippen molar-refractivity contribution < 1.29 is 9.53 Å². The van der Waals surface area contributed by atoms with Crippen LogP contribution in [0.1, 0.15) is 44.2 Å². The van der Waals surface area contributed by atoms with Crippen LogP contribution in [0.2, 0.25) is 0 Å². The first kappa shape index (κ1) is 25.9. The first-order valence-corrected chi connectivity index (χ1v) is 13.4. The van der Waals surface area contributed by atoms with Crippen LogP contribution in [0.15, 0.2) is 42.7 Å². The summed E-state index contributed by atoms with van der Waals surface area (Å²) in [5.41, 5.74) is 12.1. The van der Waals surface area contributed by atoms with E-state index < -0.39 is 0 Å². The second kappa shape index (κ2) is 10.9. The maximum atomic E-state index is 11.9. The van der Waals surface area contributed by atoms with E-state index in [9.17, 15) is 4.79 Å². The number of nitrogens with zero attached hydrogens (tertiary/aromatic N) is 5. The van der Waals surface area contributed by atoms with Gasteiger partial charge in [0, 0.05) is 60.9 Å². The van der Waals surface area contributed by atoms with Crippen LogP contribution < -0.4 is 16.0 Å². The number of hydrogen-bond donors (Lipinski definition) is 2. The van der Waals surface area contributed by atoms with Crippen LogP contribution in [0.4, 0.5) is 23.1 Å². The van der Waals surface area contributed by atoms with Crippen molar-refractivity contribution in [3.63, 3.8) is 0 Å². The fraction of sp³-hybridized carbons (Fsp3) is 0.448. The topological polar surface area (TPSA) is 110 Å². The number of ether oxygens (including phenoxy) is 1. The minimum absolute atomic E-state index is 0.109. The highest BCUT2D eigenvalue weighted by Gasteiger charge is 2.41. The lowest BCUT2D eigenvalue weighted by Gasteiger charge is -2.34. The number of likely N-dealkylation sites (tertiary alicyclic amines) is 1. The normalized spacial score (nSPS) is 18.8. The molecule has 0 aliphatic carbocycles. The molecule has 9 nitrogen and oxygen atoms in total. The second-order valence-corrected chi connectivity index (χ2v) is 10.7. The third-order valence-corrected chi connectivity index (χ3v) is 7.42. The lowest BCUT2D eigenvalue weighted by molar-refractivity contribution is -0.147. The molecule has 4 heterocycles. The molecule has 3 N–H and O–H groups in total. The standard InChI is InChI=1S/C29H37N7O2/c1-18(2)38-27(37)7-5-6-20-13-21(15-32-28(20)30)25-10-11-31-29(34-25)33-22-8-9-26(19(3)12-22)36-17-23-14-24(36)16-35(23)4/h8-13,15,18,23-24H,5-7,14,16-17H2,1-4H3,(H2,30,32)(H,31,33,34). The number of aromatic nitrogens is 3. The van der Waals surface area contributed by atoms with Gasteiger partial charge in [-0.2, -0.15) is 0 Å². The molecule has 3 aromatic rings. The number of carbonyl (C=O) groups is 1. The van der Waals surface area contributed by atoms with E-state index in [-0.39, 0.29) is 12.1 Å². The molecule has 2 atom stereocenters. The van der Waals surface area contributed by atoms with Gasteiger partial charge in [0.25, 0.3) is 0 Å². The highest BCUT2D eigenvalue weighted by Crippen LogP contribution is 2.36. The average molecular weight is 516 g/mol. The van der Waals surface area contributed by atoms with Gasteiger partial charge in [-0.1, -0.05) is 0 Å². The Morgan fingerprint density at radius 3 is 2.74 bits per heavy atom. The van der Waals surface area contributed by atoms with E-state index in [1.165, 1.54) is 17.7 Å². The summed E-state index contributed by atoms with van der Waals surface area (Å²) in [4.78, 5) is 30.4. The van der Waals surface area contributed by atoms with E-state index in [1.807, 2.05) is 26.0 Å². The number of nitrogens with one attached hydrogen (secondary N) is 1. The molecule has 5 rings (SSSR count). The van der Waals surface area contributed by atoms with E-state index in [1.54, 1.807) is 12.4 Å². The number of esters is 1. The van der Waals surface area contributed by atoms with Gasteiger partial charge in [-0.15, -0.1) is 0 Å². The van der Waals surface area contributed by atoms with E-state index >= 15 is 0 Å². The van der Waals surface area contributed by atoms with Gasteiger partial charge < -0.3 is 20.7 Å². The summed E-state index contributed by atoms with van der Waals surface area (Å²) in [7, 11) is 2.23. The Hall–Kier alpha value is -3.72. The number of nitrogen functional groups attached to an aromatic ring is 1. The summed E-state index contributed by atoms with van der Waals surface area (Å²) in [6.07, 6.45) is 6.22. The number of aryl methyl sites for hydroxylation is 2. The fourth-order valence-electron chi connectivity index (χ4n) is 5.53. The zero-order chi connectivity index (χ0) is 26.8. The Balaban J connectivity index is 1.25. The van der Waals surface area contributed by atoms with Crippen LogP contribution in [0.3, 0.4) is 0 Å². The Morgan fingerprint density at radius 1 is 1.18 bits per heavy atom. The largest absolute Gasteiger partial charge is 0.463 e. The molecule has 38 heavy (non-hydrogen) atoms. The van der Waals surface area contributed by atoms with Crippen molar-refractivity contribution in [3.8, 4) is 11.3 Å². The highest BCUT2D eigenvalue weighted by molar-refractivity contribution is 5.70. The maximum absolute atomic E-state index is 11.9. The summed E-state index contributed by atoms with van der Waals surface area (Å²) >= 11 is 0. The van der Waals surface area contributed by atoms with E-state index in [0.29, 0.717) is 43.1 Å². The molecule has 2 bridgehead atoms. The third-order valence-electron chi connectivity index (χ3n) is 7.42. The molecule has 2 fully saturated rings. The van der Waals surface area contributed by atoms with Crippen LogP contribution in [0.5, 0.6) is 0 Å². The quantitative estimate of drug-likeness (QED) is 0.402. The number of piperazine rings is 1. The fourth-order valence-corrected chi connectivity index (χ4v) is 5.53. The average Bonchev–Trinajstić information content (AvgIpc) is 3.44. The van der Waals surface area contributed by atoms with Crippen LogP contribution in [0.25, 0.3) is 11.3 Å². The Labute approximate surface area is 224 Å². The summed E-state index contributed by atoms with van der Waals surface area (Å²) in [6.45, 7) is 8.09. The van der Waals surface area contributed by atoms with Crippen molar-refractivity contribution in [2.75, 3.05) is 36.1 Å². The van der Waals surface area contributed by atoms with Gasteiger partial charge >= 0.3 is 5.97 Å². The van der Waals surface area contributed by atoms with Crippen molar-refractivity contribution in [1.82, 2.24) is 19.9 Å². The first-order valence-electron chi connectivity index (χ1n) is 13.4. The van der Waals surface area contributed by atoms with Crippen molar-refractivity contribution in [3.05, 3.63) is 53.9 Å². The number of nitrogens with two attached hydrogens (primary N) is 1. The van der Waals surface area contributed by atoms with Gasteiger partial charge in [-0.3, -0.25) is 9.69 Å². The predicted octanol–water partition coefficient (Wildman–Crippen LogP) is 4.34. The summed E-state index contributed by atoms with van der Waals surface area (Å²) in [5, 5.41) is 3.36. The first-order chi connectivity index (χ1) is 18.3. The SMILES string of the molecule is Cc1cc(Nc2nccc(-c3cnc(N)c(CCCC(=O)OC(C)C)c3)n2)ccc1N1CC2CC1CN2C. The molecule has 200 valence electrons. The lowest BCUT2D eigenvalue weighted by Crippen LogP contribution is -2.44. The molecule has 0 radical (unpaired) electrons. The zero-order valence-electron chi connectivity index (χ0n) is 22.6. The molecule has 0 saturated carbocycles. The smallest absolute Gasteiger partial charge is 0.306 e. The van der Waals surface area contributed by atoms with Gasteiger partial charge in [-0.25, -0.2) is 15.0 Å². The van der Waals surface area contributed by atoms with Crippen LogP contribution in [-0.4, -0.2) is 64.1 Å². The van der Waals surface area contributed by atoms with Crippen molar-refractivity contribution >= 4 is 29.1 Å². The zero-order valence-corrected chi connectivity index (χ0v) is 22.6. The molecular weight excluding hydrogens is 478 g/mol. The molecule has 1 aromatic carbocycles. The minimum atomic E-state index is -0.197. The number of rotatable bonds is 9. The number of anilines is 4. The molecule has 2 aliphatic heterocycles. The number of likely N-dealkylation sites (N-methyl/N-ethyl adjacent to an activating group) is 1. The van der Waals surface area contributed by atoms with Crippen molar-refractivity contribution in [2.45, 2.75) is 64.6 Å². The van der Waals surface area contributed by atoms with Crippen LogP contribution in [-0.2, 0) is 16.0 Å². The maximum Gasteiger partial charge on any atom is 0.306 e. The number of benzene rings is 1. The van der Waals surface area contributed by atoms with Gasteiger partial charge in [0.05, 0.1) is 11.8 Å². The molecule has 2 unspecified atom stereocenters. The van der Waals surface area contributed by atoms with E-state index in [0.717, 1.165) is 35.6 Å². The van der Waals surface area contributed by atoms with Gasteiger partial charge in [0.1, 0.15) is 5.82 Å². The van der Waals surface area contributed by atoms with Crippen molar-refractivity contribution in [2.24, 2.45) is 0 Å². The second-order valence-electron chi connectivity index (χ2n) is 10.7. The Morgan fingerprint density at radius 2 is 2.03 bits per heavy atom. The Bertz CT molecular complexity index is 1310. The van der Waals surface area contributed by atoms with E-state index in [2.05, 4.69) is 57.3 Å². The number of carbonyl (C=O) groups excluding carboxylic acids is 1. The summed E-state index contributed by atoms with van der Waals surface area (Å²) in [6, 6.07) is 11.6. The lowest BCUT2D eigenvalue weighted by atomic mass is 10.1. The number of pyridine rings is 1. The predicted molar refractivity (Wildman–Crippen MR) is 150 cm³/mol. The minimum Gasteiger partial charge on any atom is -0.463 e. The highest BCUT2D eigenvalue weighted by atomic mass is 16.5. The summed E-state index contributed by atoms with van der Waals surface area (Å²) in [5.74, 6) is 0.788. The Kier molecular flexibility index (Phi) is 7.46. The molecule has 2 aliphatic rings. The number of fused-ring (bicyclic) bond motifs is 2. The van der Waals surface area contributed by atoms with Crippen molar-refractivity contribution in [1.29, 1.82) is 0 Å². The monoisotopic (exact) mass is 515 g/mol. The number of hydrogen-bond acceptors (Lipinski definition) is 9. The van der Waals surface area contributed by atoms with Crippen LogP contribution >= 0.6 is 0 Å². The molecule has 2 saturated heterocycles. The molecule has 0 amide bonds. The van der Waals surface area contributed by atoms with E-state index in [4.69, 9.17) is 15.5 Å². The third kappa shape index (κ3) is 5.72.